The molecule has 20 heavy (non-hydrogen) atoms. The van der Waals surface area contributed by atoms with Crippen LogP contribution in [0.25, 0.3) is 10.9 Å². The highest BCUT2D eigenvalue weighted by molar-refractivity contribution is 6.07. The Morgan fingerprint density at radius 3 is 2.60 bits per heavy atom. The molecule has 1 heterocycles. The first-order valence-electron chi connectivity index (χ1n) is 6.38. The third-order valence-electron chi connectivity index (χ3n) is 3.11. The van der Waals surface area contributed by atoms with Crippen molar-refractivity contribution >= 4 is 22.8 Å². The summed E-state index contributed by atoms with van der Waals surface area (Å²) in [5.41, 5.74) is 1.14. The number of nitrogens with one attached hydrogen (secondary N) is 1. The number of pyridine rings is 1. The molecule has 0 aliphatic rings. The summed E-state index contributed by atoms with van der Waals surface area (Å²) in [6, 6.07) is 7.84. The van der Waals surface area contributed by atoms with E-state index in [1.165, 1.54) is 0 Å². The number of hydrogen-bond acceptors (Lipinski definition) is 3. The molecule has 1 aromatic heterocycles. The van der Waals surface area contributed by atoms with Crippen LogP contribution >= 0.6 is 0 Å². The molecule has 0 saturated carbocycles. The van der Waals surface area contributed by atoms with Crippen molar-refractivity contribution in [3.63, 3.8) is 0 Å². The van der Waals surface area contributed by atoms with Crippen molar-refractivity contribution in [2.24, 2.45) is 5.92 Å². The Morgan fingerprint density at radius 2 is 1.95 bits per heavy atom. The highest BCUT2D eigenvalue weighted by Gasteiger charge is 2.24. The van der Waals surface area contributed by atoms with Crippen LogP contribution < -0.4 is 5.32 Å². The van der Waals surface area contributed by atoms with E-state index in [-0.39, 0.29) is 5.92 Å². The van der Waals surface area contributed by atoms with Gasteiger partial charge in [-0.05, 0) is 24.1 Å². The van der Waals surface area contributed by atoms with E-state index >= 15 is 0 Å². The lowest BCUT2D eigenvalue weighted by Crippen LogP contribution is -2.44. The molecule has 0 unspecified atom stereocenters. The summed E-state index contributed by atoms with van der Waals surface area (Å²) < 4.78 is 0. The van der Waals surface area contributed by atoms with Crippen LogP contribution in [0, 0.1) is 5.92 Å². The molecule has 104 valence electrons. The van der Waals surface area contributed by atoms with Crippen LogP contribution in [0.2, 0.25) is 0 Å². The SMILES string of the molecule is CC(C)[C@@H](NC(=O)c1cccc2ncccc12)C(=O)O. The van der Waals surface area contributed by atoms with Crippen LogP contribution in [-0.4, -0.2) is 28.0 Å². The van der Waals surface area contributed by atoms with Crippen LogP contribution in [0.15, 0.2) is 36.5 Å². The number of carboxylic acids is 1. The largest absolute Gasteiger partial charge is 0.480 e. The Bertz CT molecular complexity index is 647. The van der Waals surface area contributed by atoms with Gasteiger partial charge in [-0.3, -0.25) is 9.78 Å². The van der Waals surface area contributed by atoms with Gasteiger partial charge in [-0.1, -0.05) is 26.0 Å². The Kier molecular flexibility index (Phi) is 3.98. The van der Waals surface area contributed by atoms with Crippen molar-refractivity contribution < 1.29 is 14.7 Å². The molecule has 0 spiro atoms. The smallest absolute Gasteiger partial charge is 0.326 e. The lowest BCUT2D eigenvalue weighted by Gasteiger charge is -2.18. The van der Waals surface area contributed by atoms with Gasteiger partial charge in [0, 0.05) is 17.1 Å². The van der Waals surface area contributed by atoms with E-state index in [0.717, 1.165) is 0 Å². The molecule has 5 heteroatoms. The van der Waals surface area contributed by atoms with E-state index in [1.807, 2.05) is 6.07 Å². The molecule has 2 aromatic rings. The molecule has 2 N–H and O–H groups in total. The minimum absolute atomic E-state index is 0.190. The second-order valence-corrected chi connectivity index (χ2v) is 4.91. The zero-order valence-corrected chi connectivity index (χ0v) is 11.3. The summed E-state index contributed by atoms with van der Waals surface area (Å²) in [7, 11) is 0. The summed E-state index contributed by atoms with van der Waals surface area (Å²) in [5, 5.41) is 12.4. The fourth-order valence-corrected chi connectivity index (χ4v) is 2.03. The van der Waals surface area contributed by atoms with Gasteiger partial charge in [-0.25, -0.2) is 4.79 Å². The molecule has 0 radical (unpaired) electrons. The van der Waals surface area contributed by atoms with Crippen molar-refractivity contribution in [3.05, 3.63) is 42.1 Å². The van der Waals surface area contributed by atoms with Gasteiger partial charge in [0.1, 0.15) is 6.04 Å². The first-order chi connectivity index (χ1) is 9.50. The first kappa shape index (κ1) is 14.0. The average molecular weight is 272 g/mol. The average Bonchev–Trinajstić information content (AvgIpc) is 2.43. The molecular weight excluding hydrogens is 256 g/mol. The second kappa shape index (κ2) is 5.69. The predicted octanol–water partition coefficient (Wildman–Crippen LogP) is 2.07. The number of fused-ring (bicyclic) bond motifs is 1. The highest BCUT2D eigenvalue weighted by atomic mass is 16.4. The molecule has 0 aliphatic carbocycles. The van der Waals surface area contributed by atoms with E-state index in [0.29, 0.717) is 16.5 Å². The lowest BCUT2D eigenvalue weighted by atomic mass is 10.0. The van der Waals surface area contributed by atoms with Crippen molar-refractivity contribution in [3.8, 4) is 0 Å². The Hall–Kier alpha value is -2.43. The van der Waals surface area contributed by atoms with Gasteiger partial charge in [0.05, 0.1) is 5.52 Å². The van der Waals surface area contributed by atoms with Crippen molar-refractivity contribution in [2.45, 2.75) is 19.9 Å². The number of hydrogen-bond donors (Lipinski definition) is 2. The van der Waals surface area contributed by atoms with Crippen molar-refractivity contribution in [1.82, 2.24) is 10.3 Å². The highest BCUT2D eigenvalue weighted by Crippen LogP contribution is 2.16. The second-order valence-electron chi connectivity index (χ2n) is 4.91. The molecule has 1 amide bonds. The maximum Gasteiger partial charge on any atom is 0.326 e. The number of aliphatic carboxylic acids is 1. The number of aromatic nitrogens is 1. The van der Waals surface area contributed by atoms with Crippen LogP contribution in [-0.2, 0) is 4.79 Å². The fraction of sp³-hybridized carbons (Fsp3) is 0.267. The number of amides is 1. The molecule has 0 fully saturated rings. The normalized spacial score (nSPS) is 12.3. The fourth-order valence-electron chi connectivity index (χ4n) is 2.03. The van der Waals surface area contributed by atoms with Gasteiger partial charge in [-0.15, -0.1) is 0 Å². The maximum atomic E-state index is 12.3. The summed E-state index contributed by atoms with van der Waals surface area (Å²) in [6.07, 6.45) is 1.65. The Labute approximate surface area is 116 Å². The Morgan fingerprint density at radius 1 is 1.20 bits per heavy atom. The van der Waals surface area contributed by atoms with Crippen molar-refractivity contribution in [1.29, 1.82) is 0 Å². The monoisotopic (exact) mass is 272 g/mol. The molecule has 0 aliphatic heterocycles. The van der Waals surface area contributed by atoms with Gasteiger partial charge >= 0.3 is 5.97 Å². The standard InChI is InChI=1S/C15H16N2O3/c1-9(2)13(15(19)20)17-14(18)11-5-3-7-12-10(11)6-4-8-16-12/h3-9,13H,1-2H3,(H,17,18)(H,19,20)/t13-/m1/s1. The van der Waals surface area contributed by atoms with Gasteiger partial charge < -0.3 is 10.4 Å². The van der Waals surface area contributed by atoms with Crippen LogP contribution in [0.4, 0.5) is 0 Å². The number of carbonyl (C=O) groups excluding carboxylic acids is 1. The quantitative estimate of drug-likeness (QED) is 0.893. The van der Waals surface area contributed by atoms with Gasteiger partial charge in [0.2, 0.25) is 0 Å². The van der Waals surface area contributed by atoms with Gasteiger partial charge in [0.15, 0.2) is 0 Å². The number of benzene rings is 1. The first-order valence-corrected chi connectivity index (χ1v) is 6.38. The molecular formula is C15H16N2O3. The molecule has 1 aromatic carbocycles. The molecule has 1 atom stereocenters. The summed E-state index contributed by atoms with van der Waals surface area (Å²) in [5.74, 6) is -1.62. The topological polar surface area (TPSA) is 79.3 Å². The molecule has 0 saturated heterocycles. The number of nitrogens with zero attached hydrogens (tertiary/aromatic N) is 1. The minimum Gasteiger partial charge on any atom is -0.480 e. The van der Waals surface area contributed by atoms with E-state index < -0.39 is 17.9 Å². The van der Waals surface area contributed by atoms with E-state index in [1.54, 1.807) is 44.3 Å². The zero-order valence-electron chi connectivity index (χ0n) is 11.3. The predicted molar refractivity (Wildman–Crippen MR) is 75.5 cm³/mol. The van der Waals surface area contributed by atoms with E-state index in [9.17, 15) is 9.59 Å². The van der Waals surface area contributed by atoms with Gasteiger partial charge in [-0.2, -0.15) is 0 Å². The summed E-state index contributed by atoms with van der Waals surface area (Å²) in [6.45, 7) is 3.51. The third kappa shape index (κ3) is 2.77. The molecule has 2 rings (SSSR count). The third-order valence-corrected chi connectivity index (χ3v) is 3.11. The minimum atomic E-state index is -1.04. The van der Waals surface area contributed by atoms with Gasteiger partial charge in [0.25, 0.3) is 5.91 Å². The van der Waals surface area contributed by atoms with Crippen LogP contribution in [0.5, 0.6) is 0 Å². The Balaban J connectivity index is 2.34. The van der Waals surface area contributed by atoms with Crippen LogP contribution in [0.1, 0.15) is 24.2 Å². The van der Waals surface area contributed by atoms with E-state index in [4.69, 9.17) is 5.11 Å². The summed E-state index contributed by atoms with van der Waals surface area (Å²) >= 11 is 0. The number of carbonyl (C=O) groups is 2. The lowest BCUT2D eigenvalue weighted by molar-refractivity contribution is -0.140. The molecule has 0 bridgehead atoms. The zero-order chi connectivity index (χ0) is 14.7. The molecule has 5 nitrogen and oxygen atoms in total. The summed E-state index contributed by atoms with van der Waals surface area (Å²) in [4.78, 5) is 27.6. The maximum absolute atomic E-state index is 12.3. The van der Waals surface area contributed by atoms with Crippen molar-refractivity contribution in [2.75, 3.05) is 0 Å². The number of rotatable bonds is 4. The number of carboxylic acid groups (broad SMARTS) is 1. The van der Waals surface area contributed by atoms with Crippen LogP contribution in [0.3, 0.4) is 0 Å². The van der Waals surface area contributed by atoms with E-state index in [2.05, 4.69) is 10.3 Å².